The number of carbonyl (C=O) groups is 2. The van der Waals surface area contributed by atoms with Gasteiger partial charge in [0.15, 0.2) is 0 Å². The highest BCUT2D eigenvalue weighted by Crippen LogP contribution is 2.25. The van der Waals surface area contributed by atoms with Crippen LogP contribution in [-0.4, -0.2) is 65.8 Å². The van der Waals surface area contributed by atoms with E-state index in [0.717, 1.165) is 32.1 Å². The Morgan fingerprint density at radius 3 is 2.43 bits per heavy atom. The lowest BCUT2D eigenvalue weighted by Gasteiger charge is -2.36. The third-order valence-electron chi connectivity index (χ3n) is 4.22. The maximum Gasteiger partial charge on any atom is 0.323 e. The fourth-order valence-electron chi connectivity index (χ4n) is 2.79. The first-order valence-electron chi connectivity index (χ1n) is 7.79. The van der Waals surface area contributed by atoms with Gasteiger partial charge >= 0.3 is 12.0 Å². The summed E-state index contributed by atoms with van der Waals surface area (Å²) in [6, 6.07) is -0.0382. The number of amides is 2. The van der Waals surface area contributed by atoms with Crippen molar-refractivity contribution in [2.45, 2.75) is 58.0 Å². The Morgan fingerprint density at radius 2 is 1.95 bits per heavy atom. The number of methoxy groups -OCH3 is 1. The van der Waals surface area contributed by atoms with Crippen LogP contribution in [0, 0.1) is 0 Å². The maximum atomic E-state index is 12.8. The summed E-state index contributed by atoms with van der Waals surface area (Å²) in [6.45, 7) is 4.74. The summed E-state index contributed by atoms with van der Waals surface area (Å²) >= 11 is 0. The van der Waals surface area contributed by atoms with Crippen LogP contribution in [0.4, 0.5) is 4.79 Å². The van der Waals surface area contributed by atoms with Gasteiger partial charge in [-0.05, 0) is 26.2 Å². The Morgan fingerprint density at radius 1 is 1.33 bits per heavy atom. The molecule has 122 valence electrons. The number of urea groups is 1. The zero-order valence-corrected chi connectivity index (χ0v) is 13.4. The zero-order chi connectivity index (χ0) is 15.8. The number of hydrogen-bond donors (Lipinski definition) is 1. The van der Waals surface area contributed by atoms with Gasteiger partial charge in [0.25, 0.3) is 0 Å². The highest BCUT2D eigenvalue weighted by Gasteiger charge is 2.32. The minimum Gasteiger partial charge on any atom is -0.480 e. The highest BCUT2D eigenvalue weighted by molar-refractivity contribution is 5.80. The van der Waals surface area contributed by atoms with Crippen molar-refractivity contribution >= 4 is 12.0 Å². The Bertz CT molecular complexity index is 343. The van der Waals surface area contributed by atoms with Crippen molar-refractivity contribution in [3.63, 3.8) is 0 Å². The zero-order valence-electron chi connectivity index (χ0n) is 13.4. The van der Waals surface area contributed by atoms with Crippen LogP contribution >= 0.6 is 0 Å². The molecule has 2 amide bonds. The molecule has 0 aliphatic heterocycles. The van der Waals surface area contributed by atoms with E-state index < -0.39 is 5.97 Å². The Hall–Kier alpha value is -1.30. The topological polar surface area (TPSA) is 70.1 Å². The largest absolute Gasteiger partial charge is 0.480 e. The van der Waals surface area contributed by atoms with Crippen LogP contribution in [0.15, 0.2) is 0 Å². The monoisotopic (exact) mass is 300 g/mol. The molecule has 1 rings (SSSR count). The van der Waals surface area contributed by atoms with E-state index >= 15 is 0 Å². The summed E-state index contributed by atoms with van der Waals surface area (Å²) in [7, 11) is 1.60. The second-order valence-corrected chi connectivity index (χ2v) is 5.69. The molecule has 0 bridgehead atoms. The van der Waals surface area contributed by atoms with Gasteiger partial charge in [0.05, 0.1) is 6.61 Å². The average molecular weight is 300 g/mol. The normalized spacial score (nSPS) is 16.7. The van der Waals surface area contributed by atoms with Crippen LogP contribution < -0.4 is 0 Å². The molecule has 1 saturated carbocycles. The van der Waals surface area contributed by atoms with Crippen molar-refractivity contribution in [2.75, 3.05) is 26.8 Å². The van der Waals surface area contributed by atoms with Crippen molar-refractivity contribution in [3.05, 3.63) is 0 Å². The molecule has 6 heteroatoms. The van der Waals surface area contributed by atoms with Gasteiger partial charge in [-0.2, -0.15) is 0 Å². The fourth-order valence-corrected chi connectivity index (χ4v) is 2.79. The first-order valence-corrected chi connectivity index (χ1v) is 7.79. The SMILES string of the molecule is CCC(C)N(CCOC)C(=O)N(CC(=O)O)C1CCCC1. The van der Waals surface area contributed by atoms with Gasteiger partial charge in [-0.3, -0.25) is 4.79 Å². The lowest BCUT2D eigenvalue weighted by molar-refractivity contribution is -0.138. The lowest BCUT2D eigenvalue weighted by Crippen LogP contribution is -2.52. The van der Waals surface area contributed by atoms with Gasteiger partial charge in [-0.1, -0.05) is 19.8 Å². The Balaban J connectivity index is 2.84. The summed E-state index contributed by atoms with van der Waals surface area (Å²) < 4.78 is 5.07. The molecule has 1 aliphatic carbocycles. The van der Waals surface area contributed by atoms with E-state index in [-0.39, 0.29) is 24.7 Å². The first-order chi connectivity index (χ1) is 10.0. The summed E-state index contributed by atoms with van der Waals surface area (Å²) in [6.07, 6.45) is 4.77. The molecular formula is C15H28N2O4. The second kappa shape index (κ2) is 8.87. The van der Waals surface area contributed by atoms with Crippen LogP contribution in [0.2, 0.25) is 0 Å². The summed E-state index contributed by atoms with van der Waals surface area (Å²) in [5.41, 5.74) is 0. The molecule has 0 aromatic heterocycles. The van der Waals surface area contributed by atoms with Crippen molar-refractivity contribution in [3.8, 4) is 0 Å². The molecule has 1 unspecified atom stereocenters. The lowest BCUT2D eigenvalue weighted by atomic mass is 10.2. The summed E-state index contributed by atoms with van der Waals surface area (Å²) in [5.74, 6) is -0.953. The third-order valence-corrected chi connectivity index (χ3v) is 4.22. The highest BCUT2D eigenvalue weighted by atomic mass is 16.5. The molecule has 1 N–H and O–H groups in total. The quantitative estimate of drug-likeness (QED) is 0.746. The van der Waals surface area contributed by atoms with E-state index in [2.05, 4.69) is 0 Å². The molecular weight excluding hydrogens is 272 g/mol. The van der Waals surface area contributed by atoms with E-state index in [1.165, 1.54) is 4.90 Å². The molecule has 6 nitrogen and oxygen atoms in total. The van der Waals surface area contributed by atoms with E-state index in [1.54, 1.807) is 12.0 Å². The van der Waals surface area contributed by atoms with Crippen LogP contribution in [0.5, 0.6) is 0 Å². The standard InChI is InChI=1S/C15H28N2O4/c1-4-12(2)16(9-10-21-3)15(20)17(11-14(18)19)13-7-5-6-8-13/h12-13H,4-11H2,1-3H3,(H,18,19). The number of rotatable bonds is 8. The van der Waals surface area contributed by atoms with Crippen molar-refractivity contribution in [2.24, 2.45) is 0 Å². The van der Waals surface area contributed by atoms with Gasteiger partial charge in [-0.25, -0.2) is 4.79 Å². The Kier molecular flexibility index (Phi) is 7.50. The maximum absolute atomic E-state index is 12.8. The van der Waals surface area contributed by atoms with E-state index in [4.69, 9.17) is 9.84 Å². The van der Waals surface area contributed by atoms with Gasteiger partial charge in [0, 0.05) is 25.7 Å². The number of ether oxygens (including phenoxy) is 1. The van der Waals surface area contributed by atoms with Crippen LogP contribution in [0.1, 0.15) is 46.0 Å². The molecule has 1 atom stereocenters. The fraction of sp³-hybridized carbons (Fsp3) is 0.867. The number of carbonyl (C=O) groups excluding carboxylic acids is 1. The minimum absolute atomic E-state index is 0.0581. The number of hydrogen-bond acceptors (Lipinski definition) is 3. The van der Waals surface area contributed by atoms with Gasteiger partial charge < -0.3 is 19.6 Å². The summed E-state index contributed by atoms with van der Waals surface area (Å²) in [4.78, 5) is 27.2. The van der Waals surface area contributed by atoms with Gasteiger partial charge in [0.2, 0.25) is 0 Å². The molecule has 0 aromatic carbocycles. The average Bonchev–Trinajstić information content (AvgIpc) is 2.98. The first kappa shape index (κ1) is 17.8. The molecule has 0 spiro atoms. The third kappa shape index (κ3) is 5.19. The number of carboxylic acid groups (broad SMARTS) is 1. The van der Waals surface area contributed by atoms with Crippen molar-refractivity contribution < 1.29 is 19.4 Å². The van der Waals surface area contributed by atoms with Crippen molar-refractivity contribution in [1.82, 2.24) is 9.80 Å². The second-order valence-electron chi connectivity index (χ2n) is 5.69. The van der Waals surface area contributed by atoms with E-state index in [0.29, 0.717) is 13.2 Å². The van der Waals surface area contributed by atoms with Crippen molar-refractivity contribution in [1.29, 1.82) is 0 Å². The van der Waals surface area contributed by atoms with Gasteiger partial charge in [-0.15, -0.1) is 0 Å². The molecule has 0 aromatic rings. The summed E-state index contributed by atoms with van der Waals surface area (Å²) in [5, 5.41) is 9.11. The minimum atomic E-state index is -0.953. The van der Waals surface area contributed by atoms with Crippen LogP contribution in [-0.2, 0) is 9.53 Å². The smallest absolute Gasteiger partial charge is 0.323 e. The molecule has 1 aliphatic rings. The van der Waals surface area contributed by atoms with E-state index in [9.17, 15) is 9.59 Å². The molecule has 0 radical (unpaired) electrons. The van der Waals surface area contributed by atoms with Crippen LogP contribution in [0.25, 0.3) is 0 Å². The molecule has 21 heavy (non-hydrogen) atoms. The molecule has 1 fully saturated rings. The predicted molar refractivity (Wildman–Crippen MR) is 80.3 cm³/mol. The van der Waals surface area contributed by atoms with E-state index in [1.807, 2.05) is 13.8 Å². The van der Waals surface area contributed by atoms with Crippen LogP contribution in [0.3, 0.4) is 0 Å². The predicted octanol–water partition coefficient (Wildman–Crippen LogP) is 2.18. The number of carboxylic acids is 1. The number of nitrogens with zero attached hydrogens (tertiary/aromatic N) is 2. The Labute approximate surface area is 127 Å². The van der Waals surface area contributed by atoms with Gasteiger partial charge in [0.1, 0.15) is 6.54 Å². The molecule has 0 heterocycles. The molecule has 0 saturated heterocycles. The number of aliphatic carboxylic acids is 1.